The van der Waals surface area contributed by atoms with Gasteiger partial charge in [0.1, 0.15) is 70.6 Å². The first kappa shape index (κ1) is 92.2. The lowest BCUT2D eigenvalue weighted by Crippen LogP contribution is -2.38. The number of methoxy groups -OCH3 is 4. The molecule has 10 aromatic carbocycles. The van der Waals surface area contributed by atoms with Gasteiger partial charge in [-0.25, -0.2) is 9.36 Å². The standard InChI is InChI=1S/C23H33BN2O3.C20H25BO3.C17H18BN3O3.C15H16B2O4.C15H14BN3O3/c1-24(27)21-10-8-19(9-11-21)6-7-20-16-22(28-14-12-25(2)3)18-23(17-20)29-15-13-26(4)5;1-21(22)18-8-6-14(7-9-18)15-4-5-16(10-15)17-11-19(23-2)13-20(12-17)24-3;1-18(22)13-6-4-12(5-7-13)17-11-21(20-19-17)14-8-15(23-2)10-16(9-14)24-3;1-11-2-4-12(5-3-11)6-7-13-8-14(16(18)19)10-15(9-13)17(20)21;1-16(22)11-4-2-10(3-5-11)15-9-19(18-17-15)12-6-13(20)8-14(21)7-12/h6-11,16-18,27H,12-15H2,1-5H3;6-9,11-13,15-16,22H,4-5,10H2,1-3H3;4-11,22H,1-3H3;2-10,18-21H,1H3;2-9,20-22H,1H3/b7-6+;;;7-6+;. The third-order valence-electron chi connectivity index (χ3n) is 19.8. The van der Waals surface area contributed by atoms with Gasteiger partial charge in [0.15, 0.2) is 0 Å². The van der Waals surface area contributed by atoms with Crippen molar-refractivity contribution in [2.24, 2.45) is 0 Å². The summed E-state index contributed by atoms with van der Waals surface area (Å²) in [6, 6.07) is 65.7. The smallest absolute Gasteiger partial charge is 0.488 e. The number of likely N-dealkylation sites (N-methyl/N-ethyl adjacent to an activating group) is 2. The van der Waals surface area contributed by atoms with Gasteiger partial charge in [-0.2, -0.15) is 0 Å². The van der Waals surface area contributed by atoms with Crippen molar-refractivity contribution in [3.8, 4) is 79.9 Å². The van der Waals surface area contributed by atoms with Crippen LogP contribution in [0.25, 0.3) is 58.2 Å². The summed E-state index contributed by atoms with van der Waals surface area (Å²) < 4.78 is 36.4. The van der Waals surface area contributed by atoms with Crippen LogP contribution in [0.5, 0.6) is 46.0 Å². The van der Waals surface area contributed by atoms with Gasteiger partial charge in [-0.05, 0) is 157 Å². The largest absolute Gasteiger partial charge is 0.508 e. The van der Waals surface area contributed by atoms with Gasteiger partial charge in [-0.1, -0.05) is 207 Å². The van der Waals surface area contributed by atoms with Crippen LogP contribution >= 0.6 is 0 Å². The van der Waals surface area contributed by atoms with Crippen LogP contribution < -0.4 is 61.2 Å². The molecular formula is C90H106B6N8O16. The predicted octanol–water partition coefficient (Wildman–Crippen LogP) is 8.60. The second-order valence-corrected chi connectivity index (χ2v) is 29.8. The Balaban J connectivity index is 0.000000171. The summed E-state index contributed by atoms with van der Waals surface area (Å²) in [4.78, 5) is 4.18. The van der Waals surface area contributed by atoms with E-state index >= 15 is 0 Å². The predicted molar refractivity (Wildman–Crippen MR) is 485 cm³/mol. The van der Waals surface area contributed by atoms with Crippen LogP contribution in [0.1, 0.15) is 70.0 Å². The van der Waals surface area contributed by atoms with Gasteiger partial charge in [0.25, 0.3) is 0 Å². The number of phenolic OH excluding ortho intramolecular Hbond substituents is 2. The van der Waals surface area contributed by atoms with Crippen molar-refractivity contribution < 1.29 is 78.8 Å². The maximum atomic E-state index is 9.65. The van der Waals surface area contributed by atoms with E-state index in [1.807, 2.05) is 199 Å². The monoisotopic (exact) mass is 1620 g/mol. The van der Waals surface area contributed by atoms with Crippen molar-refractivity contribution in [2.75, 3.05) is 82.9 Å². The number of nitrogens with zero attached hydrogens (tertiary/aromatic N) is 8. The Kier molecular flexibility index (Phi) is 35.0. The fourth-order valence-electron chi connectivity index (χ4n) is 12.8. The number of benzene rings is 10. The normalized spacial score (nSPS) is 12.7. The van der Waals surface area contributed by atoms with E-state index < -0.39 is 41.9 Å². The average molecular weight is 1620 g/mol. The fraction of sp³-hybridized carbons (Fsp3) is 0.244. The molecule has 2 heterocycles. The second kappa shape index (κ2) is 45.5. The van der Waals surface area contributed by atoms with Gasteiger partial charge >= 0.3 is 41.9 Å². The molecule has 13 rings (SSSR count). The Morgan fingerprint density at radius 2 is 0.717 bits per heavy atom. The molecule has 0 amide bonds. The van der Waals surface area contributed by atoms with E-state index in [1.54, 1.807) is 90.9 Å². The van der Waals surface area contributed by atoms with E-state index in [2.05, 4.69) is 60.8 Å². The number of phenols is 2. The minimum atomic E-state index is -1.66. The van der Waals surface area contributed by atoms with Gasteiger partial charge in [0.2, 0.25) is 0 Å². The number of rotatable bonds is 28. The highest BCUT2D eigenvalue weighted by Gasteiger charge is 2.28. The van der Waals surface area contributed by atoms with Crippen LogP contribution in [0.3, 0.4) is 0 Å². The second-order valence-electron chi connectivity index (χ2n) is 29.8. The van der Waals surface area contributed by atoms with Crippen molar-refractivity contribution in [2.45, 2.75) is 65.3 Å². The first-order chi connectivity index (χ1) is 57.5. The molecule has 0 saturated heterocycles. The van der Waals surface area contributed by atoms with Crippen LogP contribution in [0, 0.1) is 6.92 Å². The fourth-order valence-corrected chi connectivity index (χ4v) is 12.8. The summed E-state index contributed by atoms with van der Waals surface area (Å²) in [5.74, 6) is 5.71. The third kappa shape index (κ3) is 28.5. The topological polar surface area (TPSA) is 326 Å². The molecule has 2 atom stereocenters. The molecule has 30 heteroatoms. The molecule has 2 unspecified atom stereocenters. The first-order valence-electron chi connectivity index (χ1n) is 39.5. The Labute approximate surface area is 705 Å². The highest BCUT2D eigenvalue weighted by molar-refractivity contribution is 6.66. The van der Waals surface area contributed by atoms with Crippen LogP contribution in [-0.2, 0) is 0 Å². The Morgan fingerprint density at radius 3 is 1.10 bits per heavy atom. The van der Waals surface area contributed by atoms with E-state index in [1.165, 1.54) is 58.5 Å². The zero-order valence-corrected chi connectivity index (χ0v) is 70.2. The molecule has 1 fully saturated rings. The van der Waals surface area contributed by atoms with Crippen LogP contribution in [0.15, 0.2) is 225 Å². The molecule has 120 heavy (non-hydrogen) atoms. The molecule has 0 spiro atoms. The van der Waals surface area contributed by atoms with Crippen molar-refractivity contribution in [1.82, 2.24) is 39.8 Å². The van der Waals surface area contributed by atoms with Gasteiger partial charge in [0.05, 0.1) is 52.2 Å². The SMILES string of the molecule is CB(O)c1ccc(-c2cn(-c3cc(O)cc(O)c3)nn2)cc1.CB(O)c1ccc(/C=C/c2cc(OCCN(C)C)cc(OCCN(C)C)c2)cc1.COc1cc(OC)cc(-n2cc(-c3ccc(B(C)O)cc3)nn2)c1.COc1cc(OC)cc(C2CCC(c3ccc(B(C)O)cc3)C2)c1.Cc1ccc(/C=C/c2cc(B(O)O)cc(B(O)O)c2)cc1. The van der Waals surface area contributed by atoms with Gasteiger partial charge in [-0.15, -0.1) is 10.2 Å². The molecule has 1 aliphatic rings. The van der Waals surface area contributed by atoms with E-state index in [4.69, 9.17) is 28.4 Å². The summed E-state index contributed by atoms with van der Waals surface area (Å²) in [5, 5.41) is 111. The lowest BCUT2D eigenvalue weighted by molar-refractivity contribution is 0.251. The first-order valence-corrected chi connectivity index (χ1v) is 39.5. The van der Waals surface area contributed by atoms with Gasteiger partial charge in [0, 0.05) is 72.7 Å². The zero-order chi connectivity index (χ0) is 86.5. The van der Waals surface area contributed by atoms with Crippen molar-refractivity contribution in [3.05, 3.63) is 264 Å². The highest BCUT2D eigenvalue weighted by atomic mass is 16.5. The van der Waals surface area contributed by atoms with Crippen molar-refractivity contribution >= 4 is 99.0 Å². The molecule has 0 radical (unpaired) electrons. The summed E-state index contributed by atoms with van der Waals surface area (Å²) >= 11 is 0. The van der Waals surface area contributed by atoms with Crippen molar-refractivity contribution in [1.29, 1.82) is 0 Å². The number of hydrogen-bond acceptors (Lipinski definition) is 22. The Morgan fingerprint density at radius 1 is 0.375 bits per heavy atom. The van der Waals surface area contributed by atoms with Crippen LogP contribution in [-0.4, -0.2) is 215 Å². The summed E-state index contributed by atoms with van der Waals surface area (Å²) in [7, 11) is 11.4. The molecule has 1 saturated carbocycles. The van der Waals surface area contributed by atoms with Gasteiger partial charge < -0.3 is 88.6 Å². The molecular weight excluding hydrogens is 1510 g/mol. The van der Waals surface area contributed by atoms with Crippen LogP contribution in [0.4, 0.5) is 0 Å². The van der Waals surface area contributed by atoms with Crippen molar-refractivity contribution in [3.63, 3.8) is 0 Å². The Hall–Kier alpha value is -11.7. The average Bonchev–Trinajstić information content (AvgIpc) is 1.63. The molecule has 24 nitrogen and oxygen atoms in total. The summed E-state index contributed by atoms with van der Waals surface area (Å²) in [6.45, 7) is 10.1. The minimum Gasteiger partial charge on any atom is -0.508 e. The molecule has 1 aliphatic carbocycles. The quantitative estimate of drug-likeness (QED) is 0.0162. The number of aryl methyl sites for hydroxylation is 1. The number of hydrogen-bond donors (Lipinski definition) is 10. The number of aromatic hydroxyl groups is 2. The molecule has 12 aromatic rings. The number of ether oxygens (including phenoxy) is 6. The summed E-state index contributed by atoms with van der Waals surface area (Å²) in [5.41, 5.74) is 16.1. The van der Waals surface area contributed by atoms with E-state index in [-0.39, 0.29) is 22.4 Å². The summed E-state index contributed by atoms with van der Waals surface area (Å²) in [6.07, 6.45) is 14.8. The molecule has 0 bridgehead atoms. The lowest BCUT2D eigenvalue weighted by atomic mass is 9.64. The molecule has 620 valence electrons. The lowest BCUT2D eigenvalue weighted by Gasteiger charge is -2.15. The van der Waals surface area contributed by atoms with E-state index in [9.17, 15) is 50.4 Å². The molecule has 0 aliphatic heterocycles. The molecule has 10 N–H and O–H groups in total. The zero-order valence-electron chi connectivity index (χ0n) is 70.2. The highest BCUT2D eigenvalue weighted by Crippen LogP contribution is 2.45. The third-order valence-corrected chi connectivity index (χ3v) is 19.8. The Bertz CT molecular complexity index is 5110. The van der Waals surface area contributed by atoms with Gasteiger partial charge in [-0.3, -0.25) is 0 Å². The van der Waals surface area contributed by atoms with E-state index in [0.29, 0.717) is 53.5 Å². The maximum absolute atomic E-state index is 9.65. The minimum absolute atomic E-state index is 0.0478. The maximum Gasteiger partial charge on any atom is 0.488 e. The van der Waals surface area contributed by atoms with Crippen LogP contribution in [0.2, 0.25) is 27.3 Å². The number of aromatic nitrogens is 6. The molecule has 2 aromatic heterocycles. The van der Waals surface area contributed by atoms with E-state index in [0.717, 1.165) is 104 Å².